The van der Waals surface area contributed by atoms with Gasteiger partial charge in [-0.25, -0.2) is 20.3 Å². The molecule has 7 nitrogen and oxygen atoms in total. The van der Waals surface area contributed by atoms with Crippen LogP contribution in [0.2, 0.25) is 5.02 Å². The van der Waals surface area contributed by atoms with E-state index in [4.69, 9.17) is 21.7 Å². The molecule has 1 N–H and O–H groups in total. The van der Waals surface area contributed by atoms with Gasteiger partial charge < -0.3 is 10.1 Å². The van der Waals surface area contributed by atoms with Crippen molar-refractivity contribution < 1.29 is 4.74 Å². The molecule has 0 amide bonds. The lowest BCUT2D eigenvalue weighted by Crippen LogP contribution is -2.20. The molecule has 1 radical (unpaired) electrons. The highest BCUT2D eigenvalue weighted by molar-refractivity contribution is 6.32. The van der Waals surface area contributed by atoms with Crippen LogP contribution in [0.5, 0.6) is 5.75 Å². The summed E-state index contributed by atoms with van der Waals surface area (Å²) in [4.78, 5) is 13.4. The molecule has 0 saturated carbocycles. The van der Waals surface area contributed by atoms with Gasteiger partial charge >= 0.3 is 0 Å². The van der Waals surface area contributed by atoms with Crippen LogP contribution >= 0.6 is 11.6 Å². The van der Waals surface area contributed by atoms with Crippen molar-refractivity contribution in [2.24, 2.45) is 0 Å². The number of piperidine rings is 1. The summed E-state index contributed by atoms with van der Waals surface area (Å²) in [7, 11) is 1.66. The van der Waals surface area contributed by atoms with Crippen molar-refractivity contribution >= 4 is 28.9 Å². The predicted octanol–water partition coefficient (Wildman–Crippen LogP) is 5.03. The number of pyridine rings is 1. The van der Waals surface area contributed by atoms with Gasteiger partial charge in [-0.1, -0.05) is 30.2 Å². The van der Waals surface area contributed by atoms with Gasteiger partial charge in [-0.15, -0.1) is 0 Å². The van der Waals surface area contributed by atoms with Crippen molar-refractivity contribution in [3.63, 3.8) is 0 Å². The van der Waals surface area contributed by atoms with Crippen LogP contribution in [0.25, 0.3) is 17.0 Å². The van der Waals surface area contributed by atoms with Crippen LogP contribution in [0, 0.1) is 0 Å². The zero-order valence-corrected chi connectivity index (χ0v) is 17.9. The lowest BCUT2D eigenvalue weighted by molar-refractivity contribution is 0.395. The first kappa shape index (κ1) is 19.8. The predicted molar refractivity (Wildman–Crippen MR) is 121 cm³/mol. The monoisotopic (exact) mass is 433 g/mol. The Bertz CT molecular complexity index is 1220. The third kappa shape index (κ3) is 3.94. The number of hydrogen-bond donors (Lipinski definition) is 1. The quantitative estimate of drug-likeness (QED) is 0.477. The van der Waals surface area contributed by atoms with Crippen molar-refractivity contribution in [1.82, 2.24) is 24.7 Å². The van der Waals surface area contributed by atoms with Crippen LogP contribution in [-0.4, -0.2) is 33.0 Å². The number of fused-ring (bicyclic) bond motifs is 1. The Balaban J connectivity index is 1.46. The number of imidazole rings is 1. The van der Waals surface area contributed by atoms with Crippen LogP contribution in [0.1, 0.15) is 30.9 Å². The van der Waals surface area contributed by atoms with E-state index in [1.165, 1.54) is 18.4 Å². The van der Waals surface area contributed by atoms with Gasteiger partial charge in [0.05, 0.1) is 35.9 Å². The van der Waals surface area contributed by atoms with Crippen molar-refractivity contribution in [2.45, 2.75) is 25.3 Å². The average molecular weight is 434 g/mol. The molecule has 8 heteroatoms. The van der Waals surface area contributed by atoms with Crippen LogP contribution < -0.4 is 15.4 Å². The Labute approximate surface area is 185 Å². The standard InChI is InChI=1S/C23H22ClN6O/c1-31-20-12-15(17-6-2-4-10-25-17)8-9-18(20)28-23-27-13-16(24)22(29-23)19-14-26-21-7-3-5-11-30(19)21/h3,5,7-9,11-14,17H,2,4,6,10H2,1H3,(H,27,28,29). The summed E-state index contributed by atoms with van der Waals surface area (Å²) in [6, 6.07) is 12.2. The summed E-state index contributed by atoms with van der Waals surface area (Å²) in [5.74, 6) is 1.16. The van der Waals surface area contributed by atoms with E-state index in [1.807, 2.05) is 40.9 Å². The molecule has 31 heavy (non-hydrogen) atoms. The molecule has 0 spiro atoms. The Kier molecular flexibility index (Phi) is 5.44. The molecule has 1 fully saturated rings. The number of rotatable bonds is 5. The summed E-state index contributed by atoms with van der Waals surface area (Å²) in [5, 5.41) is 8.46. The minimum atomic E-state index is 0.241. The third-order valence-corrected chi connectivity index (χ3v) is 5.77. The van der Waals surface area contributed by atoms with E-state index >= 15 is 0 Å². The second-order valence-corrected chi connectivity index (χ2v) is 7.87. The summed E-state index contributed by atoms with van der Waals surface area (Å²) >= 11 is 6.43. The summed E-state index contributed by atoms with van der Waals surface area (Å²) in [5.41, 5.74) is 4.19. The van der Waals surface area contributed by atoms with Gasteiger partial charge in [0, 0.05) is 18.8 Å². The molecule has 4 aromatic rings. The highest BCUT2D eigenvalue weighted by Crippen LogP contribution is 2.34. The SMILES string of the molecule is COc1cc(C2CCCC[N]2)ccc1Nc1ncc(Cl)c(-c2cnc3ccccn23)n1. The minimum Gasteiger partial charge on any atom is -0.495 e. The normalized spacial score (nSPS) is 16.4. The molecule has 5 rings (SSSR count). The first-order valence-electron chi connectivity index (χ1n) is 10.3. The molecule has 1 unspecified atom stereocenters. The number of hydrogen-bond acceptors (Lipinski definition) is 5. The number of aromatic nitrogens is 4. The molecule has 0 bridgehead atoms. The van der Waals surface area contributed by atoms with E-state index in [2.05, 4.69) is 26.3 Å². The summed E-state index contributed by atoms with van der Waals surface area (Å²) in [6.45, 7) is 0.928. The van der Waals surface area contributed by atoms with E-state index in [9.17, 15) is 0 Å². The zero-order valence-electron chi connectivity index (χ0n) is 17.1. The van der Waals surface area contributed by atoms with Gasteiger partial charge in [0.2, 0.25) is 5.95 Å². The largest absolute Gasteiger partial charge is 0.495 e. The van der Waals surface area contributed by atoms with Crippen LogP contribution in [0.15, 0.2) is 55.0 Å². The van der Waals surface area contributed by atoms with Crippen LogP contribution in [-0.2, 0) is 0 Å². The maximum atomic E-state index is 6.43. The van der Waals surface area contributed by atoms with Gasteiger partial charge in [-0.3, -0.25) is 4.40 Å². The molecule has 1 atom stereocenters. The second kappa shape index (κ2) is 8.53. The second-order valence-electron chi connectivity index (χ2n) is 7.46. The summed E-state index contributed by atoms with van der Waals surface area (Å²) < 4.78 is 7.58. The fraction of sp³-hybridized carbons (Fsp3) is 0.261. The zero-order chi connectivity index (χ0) is 21.2. The van der Waals surface area contributed by atoms with E-state index in [-0.39, 0.29) is 6.04 Å². The van der Waals surface area contributed by atoms with Crippen LogP contribution in [0.4, 0.5) is 11.6 Å². The molecule has 0 aliphatic carbocycles. The van der Waals surface area contributed by atoms with E-state index in [0.717, 1.165) is 35.7 Å². The Morgan fingerprint density at radius 1 is 1.13 bits per heavy atom. The first-order valence-corrected chi connectivity index (χ1v) is 10.7. The van der Waals surface area contributed by atoms with Gasteiger partial charge in [-0.2, -0.15) is 0 Å². The van der Waals surface area contributed by atoms with Crippen molar-refractivity contribution in [3.8, 4) is 17.1 Å². The average Bonchev–Trinajstić information content (AvgIpc) is 3.25. The van der Waals surface area contributed by atoms with Crippen molar-refractivity contribution in [1.29, 1.82) is 0 Å². The number of halogens is 1. The molecule has 1 aliphatic rings. The van der Waals surface area contributed by atoms with Gasteiger partial charge in [0.15, 0.2) is 0 Å². The van der Waals surface area contributed by atoms with Gasteiger partial charge in [-0.05, 0) is 42.7 Å². The van der Waals surface area contributed by atoms with Gasteiger partial charge in [0.1, 0.15) is 17.1 Å². The Hall–Kier alpha value is -3.16. The lowest BCUT2D eigenvalue weighted by atomic mass is 9.97. The molecular weight excluding hydrogens is 412 g/mol. The Morgan fingerprint density at radius 3 is 2.90 bits per heavy atom. The molecule has 157 valence electrons. The van der Waals surface area contributed by atoms with Crippen molar-refractivity contribution in [2.75, 3.05) is 19.0 Å². The molecule has 1 aromatic carbocycles. The molecule has 1 saturated heterocycles. The van der Waals surface area contributed by atoms with Crippen molar-refractivity contribution in [3.05, 3.63) is 65.6 Å². The van der Waals surface area contributed by atoms with E-state index < -0.39 is 0 Å². The number of benzene rings is 1. The number of ether oxygens (including phenoxy) is 1. The fourth-order valence-electron chi connectivity index (χ4n) is 3.91. The first-order chi connectivity index (χ1) is 15.2. The van der Waals surface area contributed by atoms with Crippen LogP contribution in [0.3, 0.4) is 0 Å². The lowest BCUT2D eigenvalue weighted by Gasteiger charge is -2.23. The molecular formula is C23H22ClN6O. The maximum absolute atomic E-state index is 6.43. The Morgan fingerprint density at radius 2 is 2.06 bits per heavy atom. The van der Waals surface area contributed by atoms with Gasteiger partial charge in [0.25, 0.3) is 0 Å². The highest BCUT2D eigenvalue weighted by Gasteiger charge is 2.18. The minimum absolute atomic E-state index is 0.241. The van der Waals surface area contributed by atoms with E-state index in [1.54, 1.807) is 19.5 Å². The topological polar surface area (TPSA) is 78.4 Å². The number of nitrogens with zero attached hydrogens (tertiary/aromatic N) is 5. The smallest absolute Gasteiger partial charge is 0.227 e. The summed E-state index contributed by atoms with van der Waals surface area (Å²) in [6.07, 6.45) is 8.75. The maximum Gasteiger partial charge on any atom is 0.227 e. The number of anilines is 2. The fourth-order valence-corrected chi connectivity index (χ4v) is 4.10. The third-order valence-electron chi connectivity index (χ3n) is 5.50. The van der Waals surface area contributed by atoms with E-state index in [0.29, 0.717) is 16.7 Å². The molecule has 1 aliphatic heterocycles. The molecule has 3 aromatic heterocycles. The highest BCUT2D eigenvalue weighted by atomic mass is 35.5. The molecule has 4 heterocycles. The number of methoxy groups -OCH3 is 1. The number of nitrogens with one attached hydrogen (secondary N) is 1.